The summed E-state index contributed by atoms with van der Waals surface area (Å²) in [5.74, 6) is -2.98. The lowest BCUT2D eigenvalue weighted by Crippen LogP contribution is -2.27. The fourth-order valence-corrected chi connectivity index (χ4v) is 7.04. The Balaban J connectivity index is 1.87. The standard InChI is InChI=1S/C25H28F4N3O7PS2/c1-15(2)21-14-30-23(41-21)6-4-3-5-11-31-42(38,39)22-10-7-16(24(33)34)12-20(22)32(40(35,36)37)19-9-8-17(13-18(19)26)25(27,28)29/h7-10,12-15,31H,3-6,11H2,1-2H3,(H,33,34)(H2,35,36,37). The van der Waals surface area contributed by atoms with Crippen LogP contribution in [-0.4, -0.2) is 40.8 Å². The van der Waals surface area contributed by atoms with E-state index in [4.69, 9.17) is 0 Å². The number of nitrogens with zero attached hydrogens (tertiary/aromatic N) is 2. The van der Waals surface area contributed by atoms with Crippen LogP contribution in [0.4, 0.5) is 28.9 Å². The van der Waals surface area contributed by atoms with Crippen molar-refractivity contribution in [3.05, 3.63) is 69.4 Å². The van der Waals surface area contributed by atoms with E-state index in [-0.39, 0.29) is 17.3 Å². The van der Waals surface area contributed by atoms with Gasteiger partial charge in [0, 0.05) is 17.6 Å². The van der Waals surface area contributed by atoms with E-state index in [1.54, 1.807) is 11.3 Å². The minimum Gasteiger partial charge on any atom is -0.478 e. The molecule has 0 saturated carbocycles. The van der Waals surface area contributed by atoms with Gasteiger partial charge in [-0.2, -0.15) is 13.2 Å². The lowest BCUT2D eigenvalue weighted by molar-refractivity contribution is -0.137. The number of aromatic carboxylic acids is 1. The molecule has 4 N–H and O–H groups in total. The summed E-state index contributed by atoms with van der Waals surface area (Å²) >= 11 is 1.60. The van der Waals surface area contributed by atoms with Gasteiger partial charge >= 0.3 is 19.9 Å². The fraction of sp³-hybridized carbons (Fsp3) is 0.360. The molecule has 0 aliphatic rings. The number of alkyl halides is 3. The van der Waals surface area contributed by atoms with Crippen LogP contribution in [0.2, 0.25) is 0 Å². The number of benzene rings is 2. The van der Waals surface area contributed by atoms with Crippen molar-refractivity contribution >= 4 is 46.5 Å². The number of thiazole rings is 1. The molecule has 0 fully saturated rings. The lowest BCUT2D eigenvalue weighted by Gasteiger charge is -2.28. The maximum Gasteiger partial charge on any atom is 0.434 e. The van der Waals surface area contributed by atoms with Gasteiger partial charge in [0.2, 0.25) is 10.0 Å². The van der Waals surface area contributed by atoms with Crippen molar-refractivity contribution in [3.8, 4) is 0 Å². The molecule has 0 bridgehead atoms. The van der Waals surface area contributed by atoms with Crippen LogP contribution in [0.5, 0.6) is 0 Å². The zero-order valence-corrected chi connectivity index (χ0v) is 24.8. The van der Waals surface area contributed by atoms with Crippen molar-refractivity contribution in [1.29, 1.82) is 0 Å². The van der Waals surface area contributed by atoms with Crippen LogP contribution in [0, 0.1) is 5.82 Å². The second-order valence-corrected chi connectivity index (χ2v) is 13.8. The van der Waals surface area contributed by atoms with Gasteiger partial charge in [0.25, 0.3) is 0 Å². The number of aryl methyl sites for hydroxylation is 1. The van der Waals surface area contributed by atoms with Gasteiger partial charge in [-0.05, 0) is 61.6 Å². The van der Waals surface area contributed by atoms with Crippen LogP contribution < -0.4 is 9.39 Å². The van der Waals surface area contributed by atoms with Crippen molar-refractivity contribution in [2.45, 2.75) is 56.5 Å². The topological polar surface area (TPSA) is 157 Å². The van der Waals surface area contributed by atoms with Gasteiger partial charge in [-0.3, -0.25) is 0 Å². The zero-order valence-electron chi connectivity index (χ0n) is 22.3. The highest BCUT2D eigenvalue weighted by Gasteiger charge is 2.37. The number of aromatic nitrogens is 1. The molecule has 0 aliphatic carbocycles. The molecule has 42 heavy (non-hydrogen) atoms. The maximum atomic E-state index is 14.8. The Labute approximate surface area is 243 Å². The summed E-state index contributed by atoms with van der Waals surface area (Å²) < 4.78 is 95.0. The van der Waals surface area contributed by atoms with Crippen molar-refractivity contribution < 1.29 is 50.2 Å². The molecule has 0 aliphatic heterocycles. The number of halogens is 4. The van der Waals surface area contributed by atoms with Crippen molar-refractivity contribution in [3.63, 3.8) is 0 Å². The monoisotopic (exact) mass is 653 g/mol. The Morgan fingerprint density at radius 2 is 1.79 bits per heavy atom. The number of anilines is 2. The average molecular weight is 654 g/mol. The van der Waals surface area contributed by atoms with Gasteiger partial charge in [-0.25, -0.2) is 36.5 Å². The Morgan fingerprint density at radius 3 is 2.33 bits per heavy atom. The molecule has 2 aromatic carbocycles. The highest BCUT2D eigenvalue weighted by molar-refractivity contribution is 7.89. The number of carboxylic acids is 1. The third-order valence-electron chi connectivity index (χ3n) is 5.99. The van der Waals surface area contributed by atoms with Crippen LogP contribution in [-0.2, 0) is 27.2 Å². The molecular weight excluding hydrogens is 625 g/mol. The summed E-state index contributed by atoms with van der Waals surface area (Å²) in [6.07, 6.45) is -0.768. The Kier molecular flexibility index (Phi) is 10.6. The van der Waals surface area contributed by atoms with E-state index in [0.29, 0.717) is 49.8 Å². The number of carboxylic acid groups (broad SMARTS) is 1. The second-order valence-electron chi connectivity index (χ2n) is 9.50. The summed E-state index contributed by atoms with van der Waals surface area (Å²) in [5, 5.41) is 10.3. The molecule has 0 amide bonds. The first-order chi connectivity index (χ1) is 19.4. The van der Waals surface area contributed by atoms with E-state index >= 15 is 0 Å². The van der Waals surface area contributed by atoms with Crippen LogP contribution >= 0.6 is 19.1 Å². The molecule has 0 saturated heterocycles. The number of unbranched alkanes of at least 4 members (excludes halogenated alkanes) is 2. The van der Waals surface area contributed by atoms with E-state index in [9.17, 15) is 50.2 Å². The highest BCUT2D eigenvalue weighted by atomic mass is 32.2. The Hall–Kier alpha value is -2.88. The Morgan fingerprint density at radius 1 is 1.10 bits per heavy atom. The van der Waals surface area contributed by atoms with Gasteiger partial charge in [0.05, 0.1) is 27.5 Å². The van der Waals surface area contributed by atoms with Crippen LogP contribution in [0.25, 0.3) is 0 Å². The predicted molar refractivity (Wildman–Crippen MR) is 148 cm³/mol. The van der Waals surface area contributed by atoms with Gasteiger partial charge < -0.3 is 14.9 Å². The normalized spacial score (nSPS) is 12.6. The second kappa shape index (κ2) is 13.2. The molecular formula is C25H28F4N3O7PS2. The van der Waals surface area contributed by atoms with E-state index in [2.05, 4.69) is 23.6 Å². The fourth-order valence-electron chi connectivity index (χ4n) is 3.88. The predicted octanol–water partition coefficient (Wildman–Crippen LogP) is 6.04. The summed E-state index contributed by atoms with van der Waals surface area (Å²) in [7, 11) is -10.3. The first kappa shape index (κ1) is 33.6. The molecule has 10 nitrogen and oxygen atoms in total. The molecule has 1 aromatic heterocycles. The quantitative estimate of drug-likeness (QED) is 0.0980. The smallest absolute Gasteiger partial charge is 0.434 e. The maximum absolute atomic E-state index is 14.8. The molecule has 3 rings (SSSR count). The van der Waals surface area contributed by atoms with Crippen LogP contribution in [0.3, 0.4) is 0 Å². The average Bonchev–Trinajstić information content (AvgIpc) is 3.35. The number of nitrogens with one attached hydrogen (secondary N) is 1. The molecule has 230 valence electrons. The minimum absolute atomic E-state index is 0.0131. The molecule has 0 atom stereocenters. The number of sulfonamides is 1. The van der Waals surface area contributed by atoms with Gasteiger partial charge in [0.1, 0.15) is 10.7 Å². The number of hydrogen-bond acceptors (Lipinski definition) is 6. The molecule has 0 unspecified atom stereocenters. The summed E-state index contributed by atoms with van der Waals surface area (Å²) in [6, 6.07) is 2.97. The first-order valence-electron chi connectivity index (χ1n) is 12.5. The summed E-state index contributed by atoms with van der Waals surface area (Å²) in [6.45, 7) is 4.02. The number of carbonyl (C=O) groups is 1. The third-order valence-corrected chi connectivity index (χ3v) is 9.81. The minimum atomic E-state index is -5.70. The van der Waals surface area contributed by atoms with Crippen molar-refractivity contribution in [1.82, 2.24) is 9.71 Å². The van der Waals surface area contributed by atoms with Gasteiger partial charge in [-0.1, -0.05) is 20.3 Å². The van der Waals surface area contributed by atoms with Gasteiger partial charge in [-0.15, -0.1) is 11.3 Å². The van der Waals surface area contributed by atoms with Gasteiger partial charge in [0.15, 0.2) is 0 Å². The third kappa shape index (κ3) is 8.36. The van der Waals surface area contributed by atoms with E-state index < -0.39 is 63.1 Å². The molecule has 0 radical (unpaired) electrons. The lowest BCUT2D eigenvalue weighted by atomic mass is 10.1. The first-order valence-corrected chi connectivity index (χ1v) is 16.3. The Bertz CT molecular complexity index is 1590. The molecule has 3 aromatic rings. The van der Waals surface area contributed by atoms with Crippen LogP contribution in [0.15, 0.2) is 47.5 Å². The largest absolute Gasteiger partial charge is 0.478 e. The molecule has 17 heteroatoms. The number of hydrogen-bond donors (Lipinski definition) is 4. The van der Waals surface area contributed by atoms with E-state index in [1.807, 2.05) is 6.20 Å². The molecule has 1 heterocycles. The zero-order chi connectivity index (χ0) is 31.5. The summed E-state index contributed by atoms with van der Waals surface area (Å²) in [4.78, 5) is 36.3. The SMILES string of the molecule is CC(C)c1cnc(CCCCCNS(=O)(=O)c2ccc(C(=O)O)cc2N(c2ccc(C(F)(F)F)cc2F)P(=O)(O)O)s1. The van der Waals surface area contributed by atoms with Crippen molar-refractivity contribution in [2.75, 3.05) is 11.2 Å². The van der Waals surface area contributed by atoms with E-state index in [1.165, 1.54) is 0 Å². The molecule has 0 spiro atoms. The number of rotatable bonds is 13. The van der Waals surface area contributed by atoms with Crippen molar-refractivity contribution in [2.24, 2.45) is 0 Å². The highest BCUT2D eigenvalue weighted by Crippen LogP contribution is 2.52. The summed E-state index contributed by atoms with van der Waals surface area (Å²) in [5.41, 5.74) is -4.12. The van der Waals surface area contributed by atoms with E-state index in [0.717, 1.165) is 22.0 Å². The van der Waals surface area contributed by atoms with Crippen LogP contribution in [0.1, 0.15) is 64.8 Å².